The van der Waals surface area contributed by atoms with Crippen LogP contribution in [0.2, 0.25) is 0 Å². The molecule has 1 N–H and O–H groups in total. The minimum atomic E-state index is -4.15. The molecule has 7 heteroatoms. The molecule has 0 bridgehead atoms. The highest BCUT2D eigenvalue weighted by atomic mass is 19.4. The average molecular weight is 348 g/mol. The molecule has 0 aromatic carbocycles. The fourth-order valence-electron chi connectivity index (χ4n) is 3.77. The van der Waals surface area contributed by atoms with Gasteiger partial charge < -0.3 is 5.11 Å². The van der Waals surface area contributed by atoms with Gasteiger partial charge in [-0.05, 0) is 56.3 Å². The quantitative estimate of drug-likeness (QED) is 0.544. The van der Waals surface area contributed by atoms with E-state index in [-0.39, 0.29) is 37.2 Å². The van der Waals surface area contributed by atoms with Gasteiger partial charge in [0, 0.05) is 19.4 Å². The van der Waals surface area contributed by atoms with Crippen LogP contribution in [0.4, 0.5) is 26.3 Å². The summed E-state index contributed by atoms with van der Waals surface area (Å²) in [6.07, 6.45) is -5.92. The Bertz CT molecular complexity index is 298. The topological polar surface area (TPSA) is 20.2 Å². The molecule has 1 rings (SSSR count). The van der Waals surface area contributed by atoms with Crippen molar-refractivity contribution in [2.75, 3.05) is 6.61 Å². The molecule has 2 atom stereocenters. The van der Waals surface area contributed by atoms with Gasteiger partial charge in [-0.3, -0.25) is 0 Å². The Kier molecular flexibility index (Phi) is 8.18. The average Bonchev–Trinajstić information content (AvgIpc) is 2.35. The predicted octanol–water partition coefficient (Wildman–Crippen LogP) is 5.87. The predicted molar refractivity (Wildman–Crippen MR) is 75.8 cm³/mol. The van der Waals surface area contributed by atoms with Crippen molar-refractivity contribution in [1.29, 1.82) is 0 Å². The zero-order chi connectivity index (χ0) is 17.5. The monoisotopic (exact) mass is 348 g/mol. The van der Waals surface area contributed by atoms with Crippen molar-refractivity contribution in [3.63, 3.8) is 0 Å². The molecule has 23 heavy (non-hydrogen) atoms. The van der Waals surface area contributed by atoms with E-state index in [1.807, 2.05) is 0 Å². The summed E-state index contributed by atoms with van der Waals surface area (Å²) in [5, 5.41) is 9.06. The van der Waals surface area contributed by atoms with Crippen molar-refractivity contribution in [3.05, 3.63) is 0 Å². The van der Waals surface area contributed by atoms with E-state index in [0.717, 1.165) is 19.3 Å². The van der Waals surface area contributed by atoms with Crippen molar-refractivity contribution in [2.45, 2.75) is 76.6 Å². The van der Waals surface area contributed by atoms with Crippen molar-refractivity contribution >= 4 is 0 Å². The smallest absolute Gasteiger partial charge is 0.389 e. The van der Waals surface area contributed by atoms with Crippen LogP contribution >= 0.6 is 0 Å². The highest BCUT2D eigenvalue weighted by Crippen LogP contribution is 2.40. The molecule has 0 heterocycles. The first-order valence-corrected chi connectivity index (χ1v) is 8.33. The third kappa shape index (κ3) is 10.1. The maximum Gasteiger partial charge on any atom is 0.389 e. The van der Waals surface area contributed by atoms with Gasteiger partial charge in [-0.2, -0.15) is 26.3 Å². The highest BCUT2D eigenvalue weighted by molar-refractivity contribution is 4.79. The van der Waals surface area contributed by atoms with Gasteiger partial charge >= 0.3 is 12.4 Å². The lowest BCUT2D eigenvalue weighted by molar-refractivity contribution is -0.136. The maximum atomic E-state index is 12.2. The molecule has 1 aliphatic carbocycles. The minimum absolute atomic E-state index is 0.0230. The van der Waals surface area contributed by atoms with Gasteiger partial charge in [-0.15, -0.1) is 0 Å². The van der Waals surface area contributed by atoms with Gasteiger partial charge in [0.05, 0.1) is 0 Å². The molecule has 0 aliphatic heterocycles. The summed E-state index contributed by atoms with van der Waals surface area (Å²) in [6.45, 7) is 0.0230. The second kappa shape index (κ2) is 9.14. The van der Waals surface area contributed by atoms with E-state index in [9.17, 15) is 26.3 Å². The van der Waals surface area contributed by atoms with E-state index in [4.69, 9.17) is 5.11 Å². The SMILES string of the molecule is OCCC1CC(CCCC(F)(F)F)CC(CCCC(F)(F)F)C1. The number of hydrogen-bond donors (Lipinski definition) is 1. The molecule has 0 radical (unpaired) electrons. The van der Waals surface area contributed by atoms with Crippen LogP contribution in [-0.2, 0) is 0 Å². The molecule has 1 saturated carbocycles. The second-order valence-electron chi connectivity index (χ2n) is 6.83. The van der Waals surface area contributed by atoms with Crippen LogP contribution in [0.1, 0.15) is 64.2 Å². The summed E-state index contributed by atoms with van der Waals surface area (Å²) >= 11 is 0. The normalized spacial score (nSPS) is 26.5. The van der Waals surface area contributed by atoms with Gasteiger partial charge in [0.1, 0.15) is 0 Å². The third-order valence-corrected chi connectivity index (χ3v) is 4.68. The molecule has 1 fully saturated rings. The molecule has 1 nitrogen and oxygen atoms in total. The molecule has 0 aromatic rings. The van der Waals surface area contributed by atoms with Crippen LogP contribution in [0, 0.1) is 17.8 Å². The maximum absolute atomic E-state index is 12.2. The summed E-state index contributed by atoms with van der Waals surface area (Å²) in [5.74, 6) is 0.498. The summed E-state index contributed by atoms with van der Waals surface area (Å²) in [6, 6.07) is 0. The molecular formula is C16H26F6O. The van der Waals surface area contributed by atoms with Gasteiger partial charge in [-0.25, -0.2) is 0 Å². The molecule has 138 valence electrons. The number of alkyl halides is 6. The Morgan fingerprint density at radius 2 is 1.00 bits per heavy atom. The Hall–Kier alpha value is -0.460. The molecule has 0 saturated heterocycles. The Balaban J connectivity index is 2.42. The summed E-state index contributed by atoms with van der Waals surface area (Å²) in [4.78, 5) is 0. The Labute approximate surface area is 133 Å². The number of hydrogen-bond acceptors (Lipinski definition) is 1. The fraction of sp³-hybridized carbons (Fsp3) is 1.00. The lowest BCUT2D eigenvalue weighted by Crippen LogP contribution is -2.24. The van der Waals surface area contributed by atoms with Crippen LogP contribution in [0.3, 0.4) is 0 Å². The minimum Gasteiger partial charge on any atom is -0.396 e. The van der Waals surface area contributed by atoms with Crippen LogP contribution in [0.5, 0.6) is 0 Å². The van der Waals surface area contributed by atoms with E-state index in [1.54, 1.807) is 0 Å². The van der Waals surface area contributed by atoms with Gasteiger partial charge in [0.2, 0.25) is 0 Å². The number of aliphatic hydroxyl groups is 1. The van der Waals surface area contributed by atoms with Crippen molar-refractivity contribution < 1.29 is 31.4 Å². The van der Waals surface area contributed by atoms with E-state index < -0.39 is 25.2 Å². The van der Waals surface area contributed by atoms with Crippen molar-refractivity contribution in [2.24, 2.45) is 17.8 Å². The number of rotatable bonds is 8. The van der Waals surface area contributed by atoms with E-state index in [2.05, 4.69) is 0 Å². The van der Waals surface area contributed by atoms with Crippen LogP contribution < -0.4 is 0 Å². The Morgan fingerprint density at radius 1 is 0.652 bits per heavy atom. The lowest BCUT2D eigenvalue weighted by atomic mass is 9.71. The molecule has 0 amide bonds. The molecule has 0 spiro atoms. The molecular weight excluding hydrogens is 322 g/mol. The first-order valence-electron chi connectivity index (χ1n) is 8.33. The highest BCUT2D eigenvalue weighted by Gasteiger charge is 2.32. The number of aliphatic hydroxyl groups excluding tert-OH is 1. The second-order valence-corrected chi connectivity index (χ2v) is 6.83. The third-order valence-electron chi connectivity index (χ3n) is 4.68. The van der Waals surface area contributed by atoms with Crippen molar-refractivity contribution in [1.82, 2.24) is 0 Å². The standard InChI is InChI=1S/C16H26F6O/c17-15(18,19)6-1-3-12-9-13(4-2-7-16(20,21)22)11-14(10-12)5-8-23/h12-14,23H,1-11H2. The zero-order valence-electron chi connectivity index (χ0n) is 13.2. The summed E-state index contributed by atoms with van der Waals surface area (Å²) < 4.78 is 73.3. The van der Waals surface area contributed by atoms with E-state index in [1.165, 1.54) is 0 Å². The number of halogens is 6. The molecule has 0 aromatic heterocycles. The fourth-order valence-corrected chi connectivity index (χ4v) is 3.77. The van der Waals surface area contributed by atoms with E-state index >= 15 is 0 Å². The molecule has 1 aliphatic rings. The van der Waals surface area contributed by atoms with Gasteiger partial charge in [0.15, 0.2) is 0 Å². The first kappa shape index (κ1) is 20.6. The van der Waals surface area contributed by atoms with Crippen LogP contribution in [-0.4, -0.2) is 24.1 Å². The largest absolute Gasteiger partial charge is 0.396 e. The van der Waals surface area contributed by atoms with E-state index in [0.29, 0.717) is 19.3 Å². The van der Waals surface area contributed by atoms with Gasteiger partial charge in [0.25, 0.3) is 0 Å². The zero-order valence-corrected chi connectivity index (χ0v) is 13.2. The Morgan fingerprint density at radius 3 is 1.30 bits per heavy atom. The first-order chi connectivity index (χ1) is 10.6. The van der Waals surface area contributed by atoms with Gasteiger partial charge in [-0.1, -0.05) is 12.8 Å². The van der Waals surface area contributed by atoms with Crippen LogP contribution in [0.25, 0.3) is 0 Å². The molecule has 2 unspecified atom stereocenters. The van der Waals surface area contributed by atoms with Crippen molar-refractivity contribution in [3.8, 4) is 0 Å². The van der Waals surface area contributed by atoms with Crippen LogP contribution in [0.15, 0.2) is 0 Å². The summed E-state index contributed by atoms with van der Waals surface area (Å²) in [5.41, 5.74) is 0. The lowest BCUT2D eigenvalue weighted by Gasteiger charge is -2.35. The summed E-state index contributed by atoms with van der Waals surface area (Å²) in [7, 11) is 0.